The second kappa shape index (κ2) is 5.54. The number of carboxylic acid groups (broad SMARTS) is 2. The second-order valence-corrected chi connectivity index (χ2v) is 2.45. The molecule has 0 fully saturated rings. The second-order valence-electron chi connectivity index (χ2n) is 2.45. The smallest absolute Gasteiger partial charge is 0.304 e. The maximum Gasteiger partial charge on any atom is 0.304 e. The molecule has 0 saturated heterocycles. The standard InChI is InChI=1S/C7H13NO4/c1-2-8-5(3-6(9)10)4-7(11)12/h5,8H,2-4H2,1H3,(H,9,10)(H,11,12). The molecule has 12 heavy (non-hydrogen) atoms. The van der Waals surface area contributed by atoms with Crippen molar-refractivity contribution >= 4 is 11.9 Å². The van der Waals surface area contributed by atoms with E-state index in [1.54, 1.807) is 6.92 Å². The summed E-state index contributed by atoms with van der Waals surface area (Å²) in [5.74, 6) is -1.97. The van der Waals surface area contributed by atoms with Crippen LogP contribution >= 0.6 is 0 Å². The fourth-order valence-electron chi connectivity index (χ4n) is 0.927. The van der Waals surface area contributed by atoms with Gasteiger partial charge in [0.15, 0.2) is 0 Å². The van der Waals surface area contributed by atoms with Crippen molar-refractivity contribution in [2.45, 2.75) is 25.8 Å². The molecule has 0 unspecified atom stereocenters. The Morgan fingerprint density at radius 3 is 1.92 bits per heavy atom. The lowest BCUT2D eigenvalue weighted by Gasteiger charge is -2.12. The molecule has 5 nitrogen and oxygen atoms in total. The Bertz CT molecular complexity index is 153. The molecule has 0 heterocycles. The third kappa shape index (κ3) is 5.67. The summed E-state index contributed by atoms with van der Waals surface area (Å²) >= 11 is 0. The van der Waals surface area contributed by atoms with E-state index >= 15 is 0 Å². The van der Waals surface area contributed by atoms with E-state index in [2.05, 4.69) is 5.32 Å². The van der Waals surface area contributed by atoms with Crippen LogP contribution < -0.4 is 5.32 Å². The number of carboxylic acids is 2. The van der Waals surface area contributed by atoms with Gasteiger partial charge in [0.25, 0.3) is 0 Å². The molecule has 0 amide bonds. The number of nitrogens with one attached hydrogen (secondary N) is 1. The Hall–Kier alpha value is -1.10. The first-order valence-corrected chi connectivity index (χ1v) is 3.73. The summed E-state index contributed by atoms with van der Waals surface area (Å²) in [6, 6.07) is -0.468. The van der Waals surface area contributed by atoms with Crippen molar-refractivity contribution in [2.24, 2.45) is 0 Å². The molecule has 0 saturated carbocycles. The van der Waals surface area contributed by atoms with Crippen molar-refractivity contribution in [1.82, 2.24) is 5.32 Å². The van der Waals surface area contributed by atoms with Crippen LogP contribution in [0.4, 0.5) is 0 Å². The predicted octanol–water partition coefficient (Wildman–Crippen LogP) is -0.0861. The summed E-state index contributed by atoms with van der Waals surface area (Å²) in [5, 5.41) is 19.6. The molecule has 0 aliphatic heterocycles. The molecule has 0 radical (unpaired) electrons. The molecular formula is C7H13NO4. The van der Waals surface area contributed by atoms with Crippen molar-refractivity contribution in [1.29, 1.82) is 0 Å². The lowest BCUT2D eigenvalue weighted by atomic mass is 10.1. The monoisotopic (exact) mass is 175 g/mol. The van der Waals surface area contributed by atoms with Gasteiger partial charge < -0.3 is 15.5 Å². The Labute approximate surface area is 70.4 Å². The molecular weight excluding hydrogens is 162 g/mol. The zero-order valence-electron chi connectivity index (χ0n) is 6.91. The van der Waals surface area contributed by atoms with Crippen LogP contribution in [0, 0.1) is 0 Å². The minimum Gasteiger partial charge on any atom is -0.481 e. The third-order valence-corrected chi connectivity index (χ3v) is 1.33. The highest BCUT2D eigenvalue weighted by atomic mass is 16.4. The zero-order valence-corrected chi connectivity index (χ0v) is 6.91. The normalized spacial score (nSPS) is 10.2. The van der Waals surface area contributed by atoms with Crippen LogP contribution in [0.25, 0.3) is 0 Å². The van der Waals surface area contributed by atoms with Gasteiger partial charge in [-0.3, -0.25) is 9.59 Å². The molecule has 0 aromatic carbocycles. The maximum atomic E-state index is 10.2. The molecule has 0 spiro atoms. The molecule has 5 heteroatoms. The van der Waals surface area contributed by atoms with Crippen LogP contribution in [0.1, 0.15) is 19.8 Å². The Kier molecular flexibility index (Phi) is 5.03. The van der Waals surface area contributed by atoms with E-state index in [-0.39, 0.29) is 12.8 Å². The summed E-state index contributed by atoms with van der Waals surface area (Å²) in [4.78, 5) is 20.5. The highest BCUT2D eigenvalue weighted by Gasteiger charge is 2.14. The molecule has 0 aliphatic carbocycles. The topological polar surface area (TPSA) is 86.6 Å². The van der Waals surface area contributed by atoms with Gasteiger partial charge in [0.2, 0.25) is 0 Å². The minimum absolute atomic E-state index is 0.153. The van der Waals surface area contributed by atoms with Gasteiger partial charge in [-0.05, 0) is 6.54 Å². The van der Waals surface area contributed by atoms with Gasteiger partial charge in [-0.1, -0.05) is 6.92 Å². The minimum atomic E-state index is -0.984. The lowest BCUT2D eigenvalue weighted by molar-refractivity contribution is -0.139. The molecule has 70 valence electrons. The molecule has 0 aromatic heterocycles. The molecule has 0 rings (SSSR count). The van der Waals surface area contributed by atoms with Gasteiger partial charge in [0, 0.05) is 6.04 Å². The fourth-order valence-corrected chi connectivity index (χ4v) is 0.927. The first-order chi connectivity index (χ1) is 5.56. The van der Waals surface area contributed by atoms with Crippen molar-refractivity contribution in [2.75, 3.05) is 6.54 Å². The van der Waals surface area contributed by atoms with E-state index in [9.17, 15) is 9.59 Å². The summed E-state index contributed by atoms with van der Waals surface area (Å²) < 4.78 is 0. The van der Waals surface area contributed by atoms with Crippen molar-refractivity contribution in [3.05, 3.63) is 0 Å². The number of aliphatic carboxylic acids is 2. The SMILES string of the molecule is CCNC(CC(=O)O)CC(=O)O. The van der Waals surface area contributed by atoms with Gasteiger partial charge in [-0.25, -0.2) is 0 Å². The third-order valence-electron chi connectivity index (χ3n) is 1.33. The van der Waals surface area contributed by atoms with E-state index in [0.29, 0.717) is 6.54 Å². The van der Waals surface area contributed by atoms with Gasteiger partial charge in [-0.2, -0.15) is 0 Å². The van der Waals surface area contributed by atoms with Crippen molar-refractivity contribution < 1.29 is 19.8 Å². The van der Waals surface area contributed by atoms with Gasteiger partial charge in [0.1, 0.15) is 0 Å². The molecule has 0 atom stereocenters. The number of carbonyl (C=O) groups is 2. The van der Waals surface area contributed by atoms with Crippen LogP contribution in [-0.4, -0.2) is 34.7 Å². The van der Waals surface area contributed by atoms with E-state index in [1.165, 1.54) is 0 Å². The molecule has 0 aromatic rings. The zero-order chi connectivity index (χ0) is 9.56. The van der Waals surface area contributed by atoms with Crippen molar-refractivity contribution in [3.63, 3.8) is 0 Å². The Morgan fingerprint density at radius 1 is 1.25 bits per heavy atom. The van der Waals surface area contributed by atoms with Crippen LogP contribution in [0.5, 0.6) is 0 Å². The number of hydrogen-bond acceptors (Lipinski definition) is 3. The predicted molar refractivity (Wildman–Crippen MR) is 42.0 cm³/mol. The maximum absolute atomic E-state index is 10.2. The largest absolute Gasteiger partial charge is 0.481 e. The van der Waals surface area contributed by atoms with E-state index in [1.807, 2.05) is 0 Å². The Morgan fingerprint density at radius 2 is 1.67 bits per heavy atom. The van der Waals surface area contributed by atoms with E-state index in [4.69, 9.17) is 10.2 Å². The summed E-state index contributed by atoms with van der Waals surface area (Å²) in [6.45, 7) is 2.38. The summed E-state index contributed by atoms with van der Waals surface area (Å²) in [5.41, 5.74) is 0. The first kappa shape index (κ1) is 10.9. The molecule has 0 bridgehead atoms. The average molecular weight is 175 g/mol. The van der Waals surface area contributed by atoms with Crippen LogP contribution in [0.15, 0.2) is 0 Å². The van der Waals surface area contributed by atoms with E-state index < -0.39 is 18.0 Å². The van der Waals surface area contributed by atoms with Gasteiger partial charge >= 0.3 is 11.9 Å². The van der Waals surface area contributed by atoms with Gasteiger partial charge in [-0.15, -0.1) is 0 Å². The lowest BCUT2D eigenvalue weighted by Crippen LogP contribution is -2.33. The number of rotatable bonds is 6. The Balaban J connectivity index is 3.85. The summed E-state index contributed by atoms with van der Waals surface area (Å²) in [7, 11) is 0. The van der Waals surface area contributed by atoms with Gasteiger partial charge in [0.05, 0.1) is 12.8 Å². The van der Waals surface area contributed by atoms with Crippen LogP contribution in [0.2, 0.25) is 0 Å². The summed E-state index contributed by atoms with van der Waals surface area (Å²) in [6.07, 6.45) is -0.305. The first-order valence-electron chi connectivity index (χ1n) is 3.73. The molecule has 0 aliphatic rings. The highest BCUT2D eigenvalue weighted by molar-refractivity contribution is 5.71. The fraction of sp³-hybridized carbons (Fsp3) is 0.714. The van der Waals surface area contributed by atoms with Crippen LogP contribution in [-0.2, 0) is 9.59 Å². The molecule has 3 N–H and O–H groups in total. The van der Waals surface area contributed by atoms with E-state index in [0.717, 1.165) is 0 Å². The number of hydrogen-bond donors (Lipinski definition) is 3. The average Bonchev–Trinajstić information content (AvgIpc) is 1.84. The van der Waals surface area contributed by atoms with Crippen LogP contribution in [0.3, 0.4) is 0 Å². The quantitative estimate of drug-likeness (QED) is 0.525. The highest BCUT2D eigenvalue weighted by Crippen LogP contribution is 1.97. The van der Waals surface area contributed by atoms with Crippen molar-refractivity contribution in [3.8, 4) is 0 Å².